The zero-order chi connectivity index (χ0) is 13.4. The molecule has 1 saturated carbocycles. The average Bonchev–Trinajstić information content (AvgIpc) is 2.81. The summed E-state index contributed by atoms with van der Waals surface area (Å²) < 4.78 is 0. The van der Waals surface area contributed by atoms with Crippen LogP contribution in [-0.4, -0.2) is 10.8 Å². The zero-order valence-electron chi connectivity index (χ0n) is 11.1. The highest BCUT2D eigenvalue weighted by Gasteiger charge is 2.26. The minimum absolute atomic E-state index is 0.189. The van der Waals surface area contributed by atoms with Crippen LogP contribution in [0.2, 0.25) is 5.02 Å². The molecular formula is C16H18ClNO. The van der Waals surface area contributed by atoms with Crippen molar-refractivity contribution in [1.82, 2.24) is 4.98 Å². The van der Waals surface area contributed by atoms with Crippen molar-refractivity contribution in [3.63, 3.8) is 0 Å². The van der Waals surface area contributed by atoms with Gasteiger partial charge < -0.3 is 4.98 Å². The topological polar surface area (TPSA) is 32.9 Å². The molecule has 0 saturated heterocycles. The third-order valence-electron chi connectivity index (χ3n) is 4.30. The van der Waals surface area contributed by atoms with E-state index in [0.717, 1.165) is 35.2 Å². The number of hydrogen-bond donors (Lipinski definition) is 1. The fraction of sp³-hybridized carbons (Fsp3) is 0.438. The summed E-state index contributed by atoms with van der Waals surface area (Å²) in [7, 11) is 0. The maximum atomic E-state index is 12.6. The Morgan fingerprint density at radius 2 is 2.00 bits per heavy atom. The Morgan fingerprint density at radius 1 is 1.26 bits per heavy atom. The van der Waals surface area contributed by atoms with E-state index in [4.69, 9.17) is 11.6 Å². The van der Waals surface area contributed by atoms with Crippen LogP contribution in [0, 0.1) is 11.8 Å². The van der Waals surface area contributed by atoms with Gasteiger partial charge in [-0.05, 0) is 37.0 Å². The summed E-state index contributed by atoms with van der Waals surface area (Å²) in [5, 5.41) is 1.63. The molecule has 1 N–H and O–H groups in total. The molecule has 3 heteroatoms. The smallest absolute Gasteiger partial charge is 0.168 e. The summed E-state index contributed by atoms with van der Waals surface area (Å²) in [6, 6.07) is 5.65. The Hall–Kier alpha value is -1.28. The van der Waals surface area contributed by atoms with E-state index in [1.807, 2.05) is 24.4 Å². The van der Waals surface area contributed by atoms with Crippen molar-refractivity contribution >= 4 is 28.3 Å². The monoisotopic (exact) mass is 275 g/mol. The second-order valence-electron chi connectivity index (χ2n) is 5.71. The fourth-order valence-electron chi connectivity index (χ4n) is 3.04. The number of benzene rings is 1. The molecule has 1 aliphatic carbocycles. The number of nitrogens with one attached hydrogen (secondary N) is 1. The molecule has 3 rings (SSSR count). The van der Waals surface area contributed by atoms with Crippen molar-refractivity contribution in [3.8, 4) is 0 Å². The number of halogens is 1. The lowest BCUT2D eigenvalue weighted by Gasteiger charge is -2.24. The van der Waals surface area contributed by atoms with E-state index >= 15 is 0 Å². The summed E-state index contributed by atoms with van der Waals surface area (Å²) >= 11 is 6.03. The van der Waals surface area contributed by atoms with Crippen molar-refractivity contribution in [3.05, 3.63) is 35.0 Å². The Labute approximate surface area is 118 Å². The summed E-state index contributed by atoms with van der Waals surface area (Å²) in [5.41, 5.74) is 1.79. The van der Waals surface area contributed by atoms with E-state index < -0.39 is 0 Å². The fourth-order valence-corrected chi connectivity index (χ4v) is 3.21. The lowest BCUT2D eigenvalue weighted by atomic mass is 9.79. The Kier molecular flexibility index (Phi) is 3.36. The highest BCUT2D eigenvalue weighted by atomic mass is 35.5. The molecule has 1 heterocycles. The third-order valence-corrected chi connectivity index (χ3v) is 4.53. The third kappa shape index (κ3) is 2.42. The molecule has 100 valence electrons. The number of rotatable bonds is 2. The molecule has 1 aromatic heterocycles. The van der Waals surface area contributed by atoms with Gasteiger partial charge in [-0.3, -0.25) is 4.79 Å². The van der Waals surface area contributed by atoms with Crippen LogP contribution < -0.4 is 0 Å². The van der Waals surface area contributed by atoms with Crippen molar-refractivity contribution in [2.75, 3.05) is 0 Å². The lowest BCUT2D eigenvalue weighted by molar-refractivity contribution is 0.0877. The van der Waals surface area contributed by atoms with Crippen LogP contribution in [0.15, 0.2) is 24.4 Å². The summed E-state index contributed by atoms with van der Waals surface area (Å²) in [5.74, 6) is 1.23. The highest BCUT2D eigenvalue weighted by molar-refractivity contribution is 6.31. The summed E-state index contributed by atoms with van der Waals surface area (Å²) in [6.07, 6.45) is 6.21. The van der Waals surface area contributed by atoms with Gasteiger partial charge in [-0.1, -0.05) is 31.4 Å². The van der Waals surface area contributed by atoms with Gasteiger partial charge in [-0.15, -0.1) is 0 Å². The second kappa shape index (κ2) is 5.01. The van der Waals surface area contributed by atoms with E-state index in [9.17, 15) is 4.79 Å². The Balaban J connectivity index is 1.91. The van der Waals surface area contributed by atoms with E-state index in [-0.39, 0.29) is 11.7 Å². The van der Waals surface area contributed by atoms with Crippen molar-refractivity contribution in [1.29, 1.82) is 0 Å². The minimum atomic E-state index is 0.189. The zero-order valence-corrected chi connectivity index (χ0v) is 11.8. The molecule has 2 aromatic rings. The van der Waals surface area contributed by atoms with Crippen molar-refractivity contribution in [2.24, 2.45) is 11.8 Å². The SMILES string of the molecule is CC1CCC(C(=O)c2c[nH]c3ccc(Cl)cc23)CC1. The largest absolute Gasteiger partial charge is 0.360 e. The maximum Gasteiger partial charge on any atom is 0.168 e. The second-order valence-corrected chi connectivity index (χ2v) is 6.15. The van der Waals surface area contributed by atoms with Gasteiger partial charge in [0, 0.05) is 33.6 Å². The number of H-pyrrole nitrogens is 1. The standard InChI is InChI=1S/C16H18ClNO/c1-10-2-4-11(5-3-10)16(19)14-9-18-15-7-6-12(17)8-13(14)15/h6-11,18H,2-5H2,1H3. The summed E-state index contributed by atoms with van der Waals surface area (Å²) in [4.78, 5) is 15.8. The number of carbonyl (C=O) groups is 1. The molecule has 0 atom stereocenters. The van der Waals surface area contributed by atoms with Gasteiger partial charge in [0.1, 0.15) is 0 Å². The normalized spacial score (nSPS) is 23.7. The number of aromatic amines is 1. The number of Topliss-reactive ketones (excluding diaryl/α,β-unsaturated/α-hetero) is 1. The molecular weight excluding hydrogens is 258 g/mol. The molecule has 0 amide bonds. The predicted molar refractivity (Wildman–Crippen MR) is 78.8 cm³/mol. The molecule has 19 heavy (non-hydrogen) atoms. The molecule has 1 aliphatic rings. The number of ketones is 1. The van der Waals surface area contributed by atoms with E-state index in [1.165, 1.54) is 12.8 Å². The molecule has 1 aromatic carbocycles. The van der Waals surface area contributed by atoms with Crippen LogP contribution in [-0.2, 0) is 0 Å². The Morgan fingerprint density at radius 3 is 2.74 bits per heavy atom. The van der Waals surface area contributed by atoms with Gasteiger partial charge in [0.15, 0.2) is 5.78 Å². The number of fused-ring (bicyclic) bond motifs is 1. The van der Waals surface area contributed by atoms with Crippen molar-refractivity contribution in [2.45, 2.75) is 32.6 Å². The van der Waals surface area contributed by atoms with E-state index in [0.29, 0.717) is 5.02 Å². The first-order valence-electron chi connectivity index (χ1n) is 6.96. The van der Waals surface area contributed by atoms with Gasteiger partial charge in [-0.25, -0.2) is 0 Å². The van der Waals surface area contributed by atoms with E-state index in [2.05, 4.69) is 11.9 Å². The van der Waals surface area contributed by atoms with Crippen LogP contribution in [0.3, 0.4) is 0 Å². The molecule has 0 bridgehead atoms. The van der Waals surface area contributed by atoms with Crippen LogP contribution in [0.1, 0.15) is 43.0 Å². The van der Waals surface area contributed by atoms with Crippen LogP contribution in [0.25, 0.3) is 10.9 Å². The molecule has 0 radical (unpaired) electrons. The van der Waals surface area contributed by atoms with Gasteiger partial charge >= 0.3 is 0 Å². The van der Waals surface area contributed by atoms with Crippen molar-refractivity contribution < 1.29 is 4.79 Å². The predicted octanol–water partition coefficient (Wildman–Crippen LogP) is 4.83. The van der Waals surface area contributed by atoms with Gasteiger partial charge in [0.05, 0.1) is 0 Å². The number of aromatic nitrogens is 1. The Bertz CT molecular complexity index is 608. The molecule has 2 nitrogen and oxygen atoms in total. The number of carbonyl (C=O) groups excluding carboxylic acids is 1. The van der Waals surface area contributed by atoms with E-state index in [1.54, 1.807) is 0 Å². The molecule has 1 fully saturated rings. The first-order valence-corrected chi connectivity index (χ1v) is 7.34. The summed E-state index contributed by atoms with van der Waals surface area (Å²) in [6.45, 7) is 2.27. The average molecular weight is 276 g/mol. The van der Waals surface area contributed by atoms with Crippen LogP contribution in [0.5, 0.6) is 0 Å². The first kappa shape index (κ1) is 12.7. The van der Waals surface area contributed by atoms with Crippen LogP contribution >= 0.6 is 11.6 Å². The lowest BCUT2D eigenvalue weighted by Crippen LogP contribution is -2.20. The molecule has 0 unspecified atom stereocenters. The van der Waals surface area contributed by atoms with Crippen LogP contribution in [0.4, 0.5) is 0 Å². The highest BCUT2D eigenvalue weighted by Crippen LogP contribution is 2.32. The quantitative estimate of drug-likeness (QED) is 0.782. The first-order chi connectivity index (χ1) is 9.15. The molecule has 0 aliphatic heterocycles. The number of hydrogen-bond acceptors (Lipinski definition) is 1. The van der Waals surface area contributed by atoms with Gasteiger partial charge in [0.25, 0.3) is 0 Å². The minimum Gasteiger partial charge on any atom is -0.360 e. The van der Waals surface area contributed by atoms with Gasteiger partial charge in [0.2, 0.25) is 0 Å². The molecule has 0 spiro atoms. The van der Waals surface area contributed by atoms with Gasteiger partial charge in [-0.2, -0.15) is 0 Å². The maximum absolute atomic E-state index is 12.6.